The van der Waals surface area contributed by atoms with E-state index in [1.807, 2.05) is 13.8 Å². The lowest BCUT2D eigenvalue weighted by atomic mass is 10.4. The molecule has 19 heavy (non-hydrogen) atoms. The molecule has 0 radical (unpaired) electrons. The predicted octanol–water partition coefficient (Wildman–Crippen LogP) is 0.378. The highest BCUT2D eigenvalue weighted by molar-refractivity contribution is 4.55. The average Bonchev–Trinajstić information content (AvgIpc) is 2.37. The molecule has 114 valence electrons. The van der Waals surface area contributed by atoms with E-state index in [1.54, 1.807) is 4.90 Å². The summed E-state index contributed by atoms with van der Waals surface area (Å²) in [4.78, 5) is 29.8. The van der Waals surface area contributed by atoms with Crippen molar-refractivity contribution in [3.63, 3.8) is 0 Å². The van der Waals surface area contributed by atoms with Crippen molar-refractivity contribution in [3.05, 3.63) is 20.2 Å². The van der Waals surface area contributed by atoms with Crippen LogP contribution in [0.3, 0.4) is 0 Å². The maximum atomic E-state index is 9.92. The first-order chi connectivity index (χ1) is 9.06. The van der Waals surface area contributed by atoms with Crippen LogP contribution in [0, 0.1) is 20.2 Å². The molecule has 0 amide bonds. The van der Waals surface area contributed by atoms with E-state index in [9.17, 15) is 20.2 Å². The highest BCUT2D eigenvalue weighted by Crippen LogP contribution is 1.91. The Labute approximate surface area is 111 Å². The van der Waals surface area contributed by atoms with Gasteiger partial charge in [0, 0.05) is 26.7 Å². The number of rotatable bonds is 11. The Hall–Kier alpha value is -1.68. The third-order valence-corrected chi connectivity index (χ3v) is 1.82. The molecule has 0 atom stereocenters. The molecule has 0 saturated carbocycles. The quantitative estimate of drug-likeness (QED) is 0.394. The molecule has 0 fully saturated rings. The molecule has 0 rings (SSSR count). The molecule has 0 aromatic rings. The molecule has 0 unspecified atom stereocenters. The summed E-state index contributed by atoms with van der Waals surface area (Å²) >= 11 is 0. The minimum atomic E-state index is -0.887. The van der Waals surface area contributed by atoms with Gasteiger partial charge in [0.15, 0.2) is 0 Å². The van der Waals surface area contributed by atoms with Gasteiger partial charge >= 0.3 is 0 Å². The van der Waals surface area contributed by atoms with E-state index in [0.717, 1.165) is 0 Å². The fourth-order valence-corrected chi connectivity index (χ4v) is 1.04. The van der Waals surface area contributed by atoms with Crippen LogP contribution in [0.1, 0.15) is 13.8 Å². The fourth-order valence-electron chi connectivity index (χ4n) is 1.04. The molecule has 0 aliphatic heterocycles. The number of methoxy groups -OCH3 is 1. The summed E-state index contributed by atoms with van der Waals surface area (Å²) in [6.45, 7) is 5.23. The second kappa shape index (κ2) is 14.4. The van der Waals surface area contributed by atoms with E-state index in [0.29, 0.717) is 13.2 Å². The lowest BCUT2D eigenvalue weighted by Crippen LogP contribution is -2.34. The summed E-state index contributed by atoms with van der Waals surface area (Å²) in [6, 6.07) is 0. The first-order valence-electron chi connectivity index (χ1n) is 5.82. The molecule has 0 heterocycles. The second-order valence-electron chi connectivity index (χ2n) is 2.95. The molecule has 0 aliphatic rings. The molecule has 0 spiro atoms. The molecule has 0 bridgehead atoms. The van der Waals surface area contributed by atoms with Gasteiger partial charge in [0.05, 0.1) is 6.61 Å². The highest BCUT2D eigenvalue weighted by Gasteiger charge is 2.07. The van der Waals surface area contributed by atoms with Gasteiger partial charge in [0.1, 0.15) is 13.2 Å². The molecule has 0 saturated heterocycles. The van der Waals surface area contributed by atoms with Crippen LogP contribution in [0.5, 0.6) is 0 Å². The maximum Gasteiger partial charge on any atom is 0.294 e. The van der Waals surface area contributed by atoms with Crippen LogP contribution in [-0.2, 0) is 14.4 Å². The van der Waals surface area contributed by atoms with Crippen LogP contribution in [0.4, 0.5) is 0 Å². The molecule has 0 aromatic carbocycles. The zero-order valence-corrected chi connectivity index (χ0v) is 11.4. The Kier molecular flexibility index (Phi) is 14.9. The van der Waals surface area contributed by atoms with E-state index in [-0.39, 0.29) is 26.3 Å². The van der Waals surface area contributed by atoms with Crippen molar-refractivity contribution in [2.75, 3.05) is 46.6 Å². The number of nitrogens with zero attached hydrogens (tertiary/aromatic N) is 3. The first-order valence-corrected chi connectivity index (χ1v) is 5.82. The Morgan fingerprint density at radius 1 is 0.895 bits per heavy atom. The van der Waals surface area contributed by atoms with Crippen LogP contribution >= 0.6 is 0 Å². The monoisotopic (exact) mass is 283 g/mol. The van der Waals surface area contributed by atoms with Gasteiger partial charge in [0.2, 0.25) is 0 Å². The van der Waals surface area contributed by atoms with Crippen LogP contribution in [0.2, 0.25) is 0 Å². The number of hydrogen-bond donors (Lipinski definition) is 0. The van der Waals surface area contributed by atoms with E-state index < -0.39 is 10.2 Å². The van der Waals surface area contributed by atoms with Crippen LogP contribution < -0.4 is 0 Å². The molecular weight excluding hydrogens is 262 g/mol. The Morgan fingerprint density at radius 3 is 1.58 bits per heavy atom. The zero-order chi connectivity index (χ0) is 15.1. The van der Waals surface area contributed by atoms with E-state index in [4.69, 9.17) is 4.74 Å². The largest absolute Gasteiger partial charge is 0.383 e. The van der Waals surface area contributed by atoms with Crippen molar-refractivity contribution in [1.29, 1.82) is 0 Å². The van der Waals surface area contributed by atoms with Gasteiger partial charge in [0.25, 0.3) is 10.2 Å². The molecule has 0 N–H and O–H groups in total. The maximum absolute atomic E-state index is 9.92. The SMILES string of the molecule is CC.COCCN(CCO[N+](=O)[O-])CCO[N+](=O)[O-]. The molecule has 10 heteroatoms. The lowest BCUT2D eigenvalue weighted by Gasteiger charge is -2.20. The number of hydrogen-bond acceptors (Lipinski definition) is 8. The van der Waals surface area contributed by atoms with Gasteiger partial charge in [-0.05, 0) is 0 Å². The Bertz CT molecular complexity index is 220. The molecular formula is C9H21N3O7. The molecule has 10 nitrogen and oxygen atoms in total. The van der Waals surface area contributed by atoms with Gasteiger partial charge in [-0.25, -0.2) is 0 Å². The minimum Gasteiger partial charge on any atom is -0.383 e. The minimum absolute atomic E-state index is 0.102. The summed E-state index contributed by atoms with van der Waals surface area (Å²) in [5.74, 6) is 0. The van der Waals surface area contributed by atoms with Gasteiger partial charge < -0.3 is 14.4 Å². The summed E-state index contributed by atoms with van der Waals surface area (Å²) in [7, 11) is 1.51. The summed E-state index contributed by atoms with van der Waals surface area (Å²) in [5, 5.41) is 18.1. The number of ether oxygens (including phenoxy) is 1. The third-order valence-electron chi connectivity index (χ3n) is 1.82. The van der Waals surface area contributed by atoms with Crippen molar-refractivity contribution >= 4 is 0 Å². The lowest BCUT2D eigenvalue weighted by molar-refractivity contribution is -0.758. The van der Waals surface area contributed by atoms with Crippen molar-refractivity contribution in [1.82, 2.24) is 4.90 Å². The van der Waals surface area contributed by atoms with Gasteiger partial charge in [-0.1, -0.05) is 13.8 Å². The Morgan fingerprint density at radius 2 is 1.26 bits per heavy atom. The van der Waals surface area contributed by atoms with Crippen molar-refractivity contribution in [3.8, 4) is 0 Å². The van der Waals surface area contributed by atoms with E-state index >= 15 is 0 Å². The molecule has 0 aliphatic carbocycles. The normalized spacial score (nSPS) is 9.47. The molecule has 0 aromatic heterocycles. The van der Waals surface area contributed by atoms with Gasteiger partial charge in [-0.2, -0.15) is 0 Å². The summed E-state index contributed by atoms with van der Waals surface area (Å²) in [6.07, 6.45) is 0. The van der Waals surface area contributed by atoms with Gasteiger partial charge in [-0.3, -0.25) is 4.90 Å². The van der Waals surface area contributed by atoms with Crippen molar-refractivity contribution in [2.45, 2.75) is 13.8 Å². The van der Waals surface area contributed by atoms with E-state index in [1.165, 1.54) is 7.11 Å². The smallest absolute Gasteiger partial charge is 0.294 e. The zero-order valence-electron chi connectivity index (χ0n) is 11.4. The standard InChI is InChI=1S/C7H15N3O7.C2H6/c1-15-5-2-8(3-6-16-9(11)12)4-7-17-10(13)14;1-2/h2-7H2,1H3;1-2H3. The summed E-state index contributed by atoms with van der Waals surface area (Å²) < 4.78 is 4.84. The van der Waals surface area contributed by atoms with Crippen LogP contribution in [0.25, 0.3) is 0 Å². The summed E-state index contributed by atoms with van der Waals surface area (Å²) in [5.41, 5.74) is 0. The van der Waals surface area contributed by atoms with Crippen LogP contribution in [-0.4, -0.2) is 61.6 Å². The van der Waals surface area contributed by atoms with Gasteiger partial charge in [-0.15, -0.1) is 20.2 Å². The predicted molar refractivity (Wildman–Crippen MR) is 65.6 cm³/mol. The van der Waals surface area contributed by atoms with Crippen molar-refractivity contribution in [2.24, 2.45) is 0 Å². The first kappa shape index (κ1) is 19.7. The Balaban J connectivity index is 0. The van der Waals surface area contributed by atoms with Crippen LogP contribution in [0.15, 0.2) is 0 Å². The second-order valence-corrected chi connectivity index (χ2v) is 2.95. The van der Waals surface area contributed by atoms with E-state index in [2.05, 4.69) is 9.68 Å². The topological polar surface area (TPSA) is 117 Å². The van der Waals surface area contributed by atoms with Crippen molar-refractivity contribution < 1.29 is 24.6 Å². The average molecular weight is 283 g/mol. The highest BCUT2D eigenvalue weighted by atomic mass is 17.0. The third kappa shape index (κ3) is 16.3. The fraction of sp³-hybridized carbons (Fsp3) is 1.00.